The summed E-state index contributed by atoms with van der Waals surface area (Å²) in [6, 6.07) is 0. The van der Waals surface area contributed by atoms with E-state index in [2.05, 4.69) is 13.5 Å². The van der Waals surface area contributed by atoms with E-state index in [1.165, 1.54) is 0 Å². The van der Waals surface area contributed by atoms with E-state index >= 15 is 0 Å². The molecule has 4 aliphatic rings. The second kappa shape index (κ2) is 9.94. The molecule has 0 unspecified atom stereocenters. The minimum absolute atomic E-state index is 0.0128. The van der Waals surface area contributed by atoms with Crippen molar-refractivity contribution in [3.63, 3.8) is 0 Å². The molecule has 9 nitrogen and oxygen atoms in total. The van der Waals surface area contributed by atoms with Crippen molar-refractivity contribution in [2.75, 3.05) is 13.2 Å². The fourth-order valence-corrected chi connectivity index (χ4v) is 7.03. The van der Waals surface area contributed by atoms with E-state index in [0.29, 0.717) is 25.0 Å². The largest absolute Gasteiger partial charge is 0.458 e. The van der Waals surface area contributed by atoms with Crippen molar-refractivity contribution in [2.45, 2.75) is 89.5 Å². The molecular formula is C26H38O9. The third-order valence-electron chi connectivity index (χ3n) is 9.07. The summed E-state index contributed by atoms with van der Waals surface area (Å²) in [5.41, 5.74) is 0.766. The van der Waals surface area contributed by atoms with Crippen LogP contribution in [-0.4, -0.2) is 76.3 Å². The smallest absolute Gasteiger partial charge is 0.334 e. The molecule has 0 spiro atoms. The zero-order valence-electron chi connectivity index (χ0n) is 20.5. The Bertz CT molecular complexity index is 882. The molecule has 2 aliphatic carbocycles. The Morgan fingerprint density at radius 2 is 1.94 bits per heavy atom. The molecular weight excluding hydrogens is 456 g/mol. The van der Waals surface area contributed by atoms with Gasteiger partial charge >= 0.3 is 11.9 Å². The van der Waals surface area contributed by atoms with Gasteiger partial charge in [0.15, 0.2) is 0 Å². The molecule has 0 radical (unpaired) electrons. The number of esters is 2. The molecule has 196 valence electrons. The van der Waals surface area contributed by atoms with Crippen LogP contribution in [-0.2, 0) is 23.8 Å². The number of hydrogen-bond donors (Lipinski definition) is 4. The third-order valence-corrected chi connectivity index (χ3v) is 9.07. The molecule has 4 N–H and O–H groups in total. The number of rotatable bonds is 6. The van der Waals surface area contributed by atoms with Gasteiger partial charge in [-0.1, -0.05) is 25.5 Å². The highest BCUT2D eigenvalue weighted by atomic mass is 16.7. The topological polar surface area (TPSA) is 143 Å². The first-order valence-corrected chi connectivity index (χ1v) is 12.6. The molecule has 3 fully saturated rings. The first-order chi connectivity index (χ1) is 16.5. The molecule has 9 heteroatoms. The normalized spacial score (nSPS) is 43.8. The second-order valence-corrected chi connectivity index (χ2v) is 11.0. The number of allylic oxidation sites excluding steroid dienone is 1. The third kappa shape index (κ3) is 4.57. The summed E-state index contributed by atoms with van der Waals surface area (Å²) in [5.74, 6) is -0.660. The van der Waals surface area contributed by atoms with E-state index in [4.69, 9.17) is 14.2 Å². The van der Waals surface area contributed by atoms with Gasteiger partial charge < -0.3 is 34.6 Å². The van der Waals surface area contributed by atoms with Crippen LogP contribution in [0.25, 0.3) is 0 Å². The highest BCUT2D eigenvalue weighted by Crippen LogP contribution is 2.62. The van der Waals surface area contributed by atoms with Gasteiger partial charge in [0.1, 0.15) is 31.0 Å². The Morgan fingerprint density at radius 3 is 2.60 bits per heavy atom. The van der Waals surface area contributed by atoms with Crippen molar-refractivity contribution < 1.29 is 44.2 Å². The lowest BCUT2D eigenvalue weighted by Gasteiger charge is -2.58. The monoisotopic (exact) mass is 494 g/mol. The zero-order valence-corrected chi connectivity index (χ0v) is 20.5. The highest BCUT2D eigenvalue weighted by Gasteiger charge is 2.58. The first-order valence-electron chi connectivity index (χ1n) is 12.6. The fraction of sp³-hybridized carbons (Fsp3) is 0.769. The Morgan fingerprint density at radius 1 is 1.20 bits per heavy atom. The number of cyclic esters (lactones) is 1. The van der Waals surface area contributed by atoms with Crippen molar-refractivity contribution >= 4 is 11.9 Å². The number of carbonyl (C=O) groups is 2. The van der Waals surface area contributed by atoms with Gasteiger partial charge in [0.25, 0.3) is 0 Å². The van der Waals surface area contributed by atoms with Crippen molar-refractivity contribution in [3.8, 4) is 0 Å². The molecule has 0 bridgehead atoms. The van der Waals surface area contributed by atoms with Gasteiger partial charge in [-0.05, 0) is 68.8 Å². The Hall–Kier alpha value is -1.78. The summed E-state index contributed by atoms with van der Waals surface area (Å²) >= 11 is 0. The van der Waals surface area contributed by atoms with Gasteiger partial charge in [-0.25, -0.2) is 4.79 Å². The molecule has 2 heterocycles. The van der Waals surface area contributed by atoms with Crippen molar-refractivity contribution in [3.05, 3.63) is 23.8 Å². The molecule has 1 saturated heterocycles. The summed E-state index contributed by atoms with van der Waals surface area (Å²) < 4.78 is 16.1. The second-order valence-electron chi connectivity index (χ2n) is 11.0. The SMILES string of the molecule is C=C1CC[C@@H]2[C@@](C)(CCC[C@]2(C)C(=O)O[C@@H]2O[C@H](CO)[C@@H](O)[C@H](O)[C@H]2O)[C@@H]1CCC1=CCOC1=O. The van der Waals surface area contributed by atoms with Crippen LogP contribution in [0.3, 0.4) is 0 Å². The summed E-state index contributed by atoms with van der Waals surface area (Å²) in [7, 11) is 0. The summed E-state index contributed by atoms with van der Waals surface area (Å²) in [5, 5.41) is 39.9. The van der Waals surface area contributed by atoms with Crippen LogP contribution in [0.4, 0.5) is 0 Å². The lowest BCUT2D eigenvalue weighted by Crippen LogP contribution is -2.61. The molecule has 0 aromatic rings. The van der Waals surface area contributed by atoms with Crippen LogP contribution < -0.4 is 0 Å². The Kier molecular flexibility index (Phi) is 7.46. The molecule has 35 heavy (non-hydrogen) atoms. The first kappa shape index (κ1) is 26.3. The molecule has 4 rings (SSSR count). The van der Waals surface area contributed by atoms with Crippen LogP contribution in [0, 0.1) is 22.7 Å². The molecule has 0 amide bonds. The fourth-order valence-electron chi connectivity index (χ4n) is 7.03. The van der Waals surface area contributed by atoms with Crippen LogP contribution in [0.15, 0.2) is 23.8 Å². The van der Waals surface area contributed by atoms with E-state index < -0.39 is 48.7 Å². The van der Waals surface area contributed by atoms with Crippen LogP contribution in [0.5, 0.6) is 0 Å². The maximum absolute atomic E-state index is 13.6. The molecule has 2 aliphatic heterocycles. The maximum Gasteiger partial charge on any atom is 0.334 e. The van der Waals surface area contributed by atoms with E-state index in [1.807, 2.05) is 13.0 Å². The van der Waals surface area contributed by atoms with Crippen LogP contribution in [0.2, 0.25) is 0 Å². The maximum atomic E-state index is 13.6. The van der Waals surface area contributed by atoms with E-state index in [1.54, 1.807) is 0 Å². The van der Waals surface area contributed by atoms with Gasteiger partial charge in [0.2, 0.25) is 6.29 Å². The summed E-state index contributed by atoms with van der Waals surface area (Å²) in [6.45, 7) is 8.17. The predicted octanol–water partition coefficient (Wildman–Crippen LogP) is 1.37. The molecule has 9 atom stereocenters. The molecule has 0 aromatic carbocycles. The quantitative estimate of drug-likeness (QED) is 0.318. The van der Waals surface area contributed by atoms with Crippen LogP contribution >= 0.6 is 0 Å². The van der Waals surface area contributed by atoms with Gasteiger partial charge in [-0.15, -0.1) is 0 Å². The number of hydrogen-bond acceptors (Lipinski definition) is 9. The minimum Gasteiger partial charge on any atom is -0.458 e. The summed E-state index contributed by atoms with van der Waals surface area (Å²) in [6.07, 6.45) is -0.305. The van der Waals surface area contributed by atoms with Crippen molar-refractivity contribution in [2.24, 2.45) is 22.7 Å². The average Bonchev–Trinajstić information content (AvgIpc) is 3.23. The van der Waals surface area contributed by atoms with Gasteiger partial charge in [-0.3, -0.25) is 4.79 Å². The number of aliphatic hydroxyl groups excluding tert-OH is 4. The minimum atomic E-state index is -1.63. The van der Waals surface area contributed by atoms with Crippen LogP contribution in [0.1, 0.15) is 58.8 Å². The Labute approximate surface area is 205 Å². The Balaban J connectivity index is 1.52. The lowest BCUT2D eigenvalue weighted by atomic mass is 9.46. The van der Waals surface area contributed by atoms with E-state index in [9.17, 15) is 30.0 Å². The average molecular weight is 495 g/mol. The highest BCUT2D eigenvalue weighted by molar-refractivity contribution is 5.90. The number of fused-ring (bicyclic) bond motifs is 1. The lowest BCUT2D eigenvalue weighted by molar-refractivity contribution is -0.297. The van der Waals surface area contributed by atoms with Gasteiger partial charge in [0.05, 0.1) is 12.0 Å². The molecule has 0 aromatic heterocycles. The number of carbonyl (C=O) groups excluding carboxylic acids is 2. The number of ether oxygens (including phenoxy) is 3. The predicted molar refractivity (Wildman–Crippen MR) is 124 cm³/mol. The molecule has 2 saturated carbocycles. The van der Waals surface area contributed by atoms with Gasteiger partial charge in [0, 0.05) is 5.57 Å². The van der Waals surface area contributed by atoms with E-state index in [0.717, 1.165) is 37.7 Å². The summed E-state index contributed by atoms with van der Waals surface area (Å²) in [4.78, 5) is 25.5. The zero-order chi connectivity index (χ0) is 25.5. The number of aliphatic hydroxyl groups is 4. The van der Waals surface area contributed by atoms with E-state index in [-0.39, 0.29) is 23.2 Å². The standard InChI is InChI=1S/C26H38O9/c1-14-5-8-18-25(2,16(14)7-6-15-9-12-33-22(15)31)10-4-11-26(18,3)24(32)35-23-21(30)20(29)19(28)17(13-27)34-23/h9,16-21,23,27-30H,1,4-8,10-13H2,2-3H3/t16-,17-,18-,19-,20+,21-,23+,25+,26+/m1/s1. The van der Waals surface area contributed by atoms with Crippen molar-refractivity contribution in [1.29, 1.82) is 0 Å². The van der Waals surface area contributed by atoms with Gasteiger partial charge in [-0.2, -0.15) is 0 Å². The van der Waals surface area contributed by atoms with Crippen molar-refractivity contribution in [1.82, 2.24) is 0 Å².